The van der Waals surface area contributed by atoms with Crippen molar-refractivity contribution in [3.8, 4) is 5.75 Å². The molecule has 0 spiro atoms. The van der Waals surface area contributed by atoms with Gasteiger partial charge in [-0.15, -0.1) is 0 Å². The molecule has 2 N–H and O–H groups in total. The van der Waals surface area contributed by atoms with Crippen LogP contribution >= 0.6 is 15.9 Å². The van der Waals surface area contributed by atoms with Gasteiger partial charge in [-0.25, -0.2) is 8.78 Å². The number of rotatable bonds is 4. The number of halogens is 3. The molecule has 1 unspecified atom stereocenters. The maximum Gasteiger partial charge on any atom is 0.127 e. The number of nitrogens with one attached hydrogen (secondary N) is 1. The zero-order valence-corrected chi connectivity index (χ0v) is 12.4. The minimum atomic E-state index is -0.417. The van der Waals surface area contributed by atoms with E-state index in [1.807, 2.05) is 0 Å². The second-order valence-corrected chi connectivity index (χ2v) is 5.46. The summed E-state index contributed by atoms with van der Waals surface area (Å²) in [5, 5.41) is 12.8. The van der Waals surface area contributed by atoms with E-state index in [0.29, 0.717) is 11.1 Å². The van der Waals surface area contributed by atoms with Crippen molar-refractivity contribution in [2.45, 2.75) is 19.5 Å². The lowest BCUT2D eigenvalue weighted by molar-refractivity contribution is 0.447. The molecule has 5 heteroatoms. The Balaban J connectivity index is 2.10. The van der Waals surface area contributed by atoms with Gasteiger partial charge in [0.25, 0.3) is 0 Å². The fourth-order valence-electron chi connectivity index (χ4n) is 1.92. The van der Waals surface area contributed by atoms with Gasteiger partial charge in [-0.1, -0.05) is 15.9 Å². The summed E-state index contributed by atoms with van der Waals surface area (Å²) < 4.78 is 27.6. The fourth-order valence-corrected chi connectivity index (χ4v) is 2.33. The van der Waals surface area contributed by atoms with E-state index < -0.39 is 5.82 Å². The lowest BCUT2D eigenvalue weighted by Gasteiger charge is -2.16. The molecule has 0 bridgehead atoms. The van der Waals surface area contributed by atoms with Crippen molar-refractivity contribution in [2.24, 2.45) is 0 Å². The zero-order valence-electron chi connectivity index (χ0n) is 10.8. The average Bonchev–Trinajstić information content (AvgIpc) is 2.42. The van der Waals surface area contributed by atoms with Crippen LogP contribution in [0.15, 0.2) is 40.9 Å². The van der Waals surface area contributed by atoms with E-state index in [0.717, 1.165) is 4.47 Å². The van der Waals surface area contributed by atoms with Crippen LogP contribution in [0.3, 0.4) is 0 Å². The molecular formula is C15H14BrF2NO. The van der Waals surface area contributed by atoms with E-state index in [1.54, 1.807) is 19.1 Å². The molecule has 0 aliphatic heterocycles. The number of phenolic OH excluding ortho intramolecular Hbond substituents is 1. The van der Waals surface area contributed by atoms with E-state index in [-0.39, 0.29) is 24.2 Å². The molecule has 0 saturated carbocycles. The second kappa shape index (κ2) is 6.33. The Morgan fingerprint density at radius 1 is 1.20 bits per heavy atom. The first kappa shape index (κ1) is 14.9. The number of benzene rings is 2. The molecule has 0 radical (unpaired) electrons. The van der Waals surface area contributed by atoms with Gasteiger partial charge in [0.1, 0.15) is 17.4 Å². The third-order valence-electron chi connectivity index (χ3n) is 3.06. The Kier molecular flexibility index (Phi) is 4.73. The van der Waals surface area contributed by atoms with Gasteiger partial charge in [0, 0.05) is 28.2 Å². The predicted octanol–water partition coefficient (Wildman–Crippen LogP) is 4.28. The van der Waals surface area contributed by atoms with Gasteiger partial charge in [-0.2, -0.15) is 0 Å². The Morgan fingerprint density at radius 3 is 2.70 bits per heavy atom. The summed E-state index contributed by atoms with van der Waals surface area (Å²) in [5.74, 6) is -0.711. The fraction of sp³-hybridized carbons (Fsp3) is 0.200. The Bertz CT molecular complexity index is 619. The predicted molar refractivity (Wildman–Crippen MR) is 77.4 cm³/mol. The molecule has 0 aliphatic rings. The highest BCUT2D eigenvalue weighted by molar-refractivity contribution is 9.10. The maximum atomic E-state index is 13.6. The van der Waals surface area contributed by atoms with Crippen molar-refractivity contribution < 1.29 is 13.9 Å². The summed E-state index contributed by atoms with van der Waals surface area (Å²) in [6.45, 7) is 2.06. The molecule has 20 heavy (non-hydrogen) atoms. The summed E-state index contributed by atoms with van der Waals surface area (Å²) in [7, 11) is 0. The van der Waals surface area contributed by atoms with Crippen LogP contribution in [0.5, 0.6) is 5.75 Å². The highest BCUT2D eigenvalue weighted by Crippen LogP contribution is 2.25. The van der Waals surface area contributed by atoms with E-state index >= 15 is 0 Å². The molecule has 2 aromatic rings. The Morgan fingerprint density at radius 2 is 1.95 bits per heavy atom. The summed E-state index contributed by atoms with van der Waals surface area (Å²) in [6, 6.07) is 8.16. The van der Waals surface area contributed by atoms with Gasteiger partial charge in [-0.3, -0.25) is 0 Å². The molecule has 2 aromatic carbocycles. The van der Waals surface area contributed by atoms with Gasteiger partial charge in [-0.05, 0) is 43.3 Å². The van der Waals surface area contributed by atoms with Gasteiger partial charge in [0.2, 0.25) is 0 Å². The molecular weight excluding hydrogens is 328 g/mol. The van der Waals surface area contributed by atoms with E-state index in [4.69, 9.17) is 0 Å². The molecule has 0 aromatic heterocycles. The summed E-state index contributed by atoms with van der Waals surface area (Å²) in [4.78, 5) is 0. The lowest BCUT2D eigenvalue weighted by atomic mass is 10.1. The highest BCUT2D eigenvalue weighted by atomic mass is 79.9. The molecule has 0 fully saturated rings. The van der Waals surface area contributed by atoms with Gasteiger partial charge >= 0.3 is 0 Å². The Labute approximate surface area is 124 Å². The summed E-state index contributed by atoms with van der Waals surface area (Å²) in [6.07, 6.45) is 0. The number of phenols is 1. The quantitative estimate of drug-likeness (QED) is 0.869. The molecule has 0 amide bonds. The SMILES string of the molecule is CC(NCc1cc(Br)ccc1F)c1cc(F)ccc1O. The van der Waals surface area contributed by atoms with Gasteiger partial charge < -0.3 is 10.4 Å². The number of aromatic hydroxyl groups is 1. The van der Waals surface area contributed by atoms with Crippen LogP contribution in [-0.4, -0.2) is 5.11 Å². The monoisotopic (exact) mass is 341 g/mol. The standard InChI is InChI=1S/C15H14BrF2NO/c1-9(13-7-12(17)3-5-15(13)20)19-8-10-6-11(16)2-4-14(10)18/h2-7,9,19-20H,8H2,1H3. The molecule has 1 atom stereocenters. The molecule has 2 nitrogen and oxygen atoms in total. The van der Waals surface area contributed by atoms with Crippen LogP contribution in [0.4, 0.5) is 8.78 Å². The van der Waals surface area contributed by atoms with Crippen molar-refractivity contribution in [2.75, 3.05) is 0 Å². The third-order valence-corrected chi connectivity index (χ3v) is 3.56. The van der Waals surface area contributed by atoms with Crippen molar-refractivity contribution in [1.82, 2.24) is 5.32 Å². The smallest absolute Gasteiger partial charge is 0.127 e. The number of hydrogen-bond donors (Lipinski definition) is 2. The number of hydrogen-bond acceptors (Lipinski definition) is 2. The van der Waals surface area contributed by atoms with Gasteiger partial charge in [0.05, 0.1) is 0 Å². The highest BCUT2D eigenvalue weighted by Gasteiger charge is 2.12. The van der Waals surface area contributed by atoms with Crippen LogP contribution in [0, 0.1) is 11.6 Å². The summed E-state index contributed by atoms with van der Waals surface area (Å²) in [5.41, 5.74) is 0.947. The lowest BCUT2D eigenvalue weighted by Crippen LogP contribution is -2.19. The minimum Gasteiger partial charge on any atom is -0.508 e. The minimum absolute atomic E-state index is 0.0149. The van der Waals surface area contributed by atoms with E-state index in [9.17, 15) is 13.9 Å². The molecule has 106 valence electrons. The molecule has 0 aliphatic carbocycles. The molecule has 2 rings (SSSR count). The van der Waals surface area contributed by atoms with Crippen LogP contribution < -0.4 is 5.32 Å². The van der Waals surface area contributed by atoms with Crippen LogP contribution in [0.25, 0.3) is 0 Å². The first-order valence-corrected chi connectivity index (χ1v) is 6.92. The topological polar surface area (TPSA) is 32.3 Å². The maximum absolute atomic E-state index is 13.6. The van der Waals surface area contributed by atoms with Crippen molar-refractivity contribution in [3.63, 3.8) is 0 Å². The largest absolute Gasteiger partial charge is 0.508 e. The van der Waals surface area contributed by atoms with Crippen molar-refractivity contribution in [1.29, 1.82) is 0 Å². The first-order chi connectivity index (χ1) is 9.47. The van der Waals surface area contributed by atoms with Crippen LogP contribution in [0.2, 0.25) is 0 Å². The third kappa shape index (κ3) is 3.55. The molecule has 0 heterocycles. The van der Waals surface area contributed by atoms with E-state index in [2.05, 4.69) is 21.2 Å². The first-order valence-electron chi connectivity index (χ1n) is 6.13. The van der Waals surface area contributed by atoms with Crippen molar-refractivity contribution in [3.05, 3.63) is 63.6 Å². The normalized spacial score (nSPS) is 12.4. The van der Waals surface area contributed by atoms with Crippen LogP contribution in [-0.2, 0) is 6.54 Å². The second-order valence-electron chi connectivity index (χ2n) is 4.54. The summed E-state index contributed by atoms with van der Waals surface area (Å²) >= 11 is 3.29. The van der Waals surface area contributed by atoms with E-state index in [1.165, 1.54) is 24.3 Å². The molecule has 0 saturated heterocycles. The average molecular weight is 342 g/mol. The van der Waals surface area contributed by atoms with Crippen molar-refractivity contribution >= 4 is 15.9 Å². The van der Waals surface area contributed by atoms with Crippen LogP contribution in [0.1, 0.15) is 24.1 Å². The zero-order chi connectivity index (χ0) is 14.7. The Hall–Kier alpha value is -1.46. The van der Waals surface area contributed by atoms with Gasteiger partial charge in [0.15, 0.2) is 0 Å².